The van der Waals surface area contributed by atoms with E-state index < -0.39 is 5.97 Å². The number of aromatic carboxylic acids is 1. The van der Waals surface area contributed by atoms with Crippen molar-refractivity contribution in [3.05, 3.63) is 17.7 Å². The number of hydrogen-bond acceptors (Lipinski definition) is 2. The molecule has 0 bridgehead atoms. The molecule has 1 aromatic rings. The van der Waals surface area contributed by atoms with Crippen molar-refractivity contribution in [1.82, 2.24) is 9.55 Å². The Morgan fingerprint density at radius 2 is 2.18 bits per heavy atom. The molecule has 94 valence electrons. The molecule has 0 amide bonds. The molecule has 1 N–H and O–H groups in total. The smallest absolute Gasteiger partial charge is 0.354 e. The molecule has 0 spiro atoms. The van der Waals surface area contributed by atoms with Crippen molar-refractivity contribution in [3.63, 3.8) is 0 Å². The van der Waals surface area contributed by atoms with E-state index in [2.05, 4.69) is 4.98 Å². The van der Waals surface area contributed by atoms with Crippen LogP contribution in [0.15, 0.2) is 6.33 Å². The number of carbonyl (C=O) groups is 1. The lowest BCUT2D eigenvalue weighted by Gasteiger charge is -2.20. The van der Waals surface area contributed by atoms with Gasteiger partial charge in [0.2, 0.25) is 0 Å². The maximum absolute atomic E-state index is 11.1. The Balaban J connectivity index is 1.96. The van der Waals surface area contributed by atoms with Gasteiger partial charge in [-0.25, -0.2) is 9.78 Å². The van der Waals surface area contributed by atoms with E-state index in [4.69, 9.17) is 5.11 Å². The maximum atomic E-state index is 11.1. The molecule has 0 unspecified atom stereocenters. The molecular formula is C13H20N2O2. The van der Waals surface area contributed by atoms with Crippen LogP contribution < -0.4 is 0 Å². The van der Waals surface area contributed by atoms with Crippen LogP contribution in [0.2, 0.25) is 0 Å². The summed E-state index contributed by atoms with van der Waals surface area (Å²) in [5.41, 5.74) is 1.09. The van der Waals surface area contributed by atoms with E-state index in [0.717, 1.165) is 24.5 Å². The number of hydrogen-bond donors (Lipinski definition) is 1. The summed E-state index contributed by atoms with van der Waals surface area (Å²) in [6, 6.07) is 0. The van der Waals surface area contributed by atoms with Gasteiger partial charge in [-0.15, -0.1) is 0 Å². The molecule has 1 aromatic heterocycles. The van der Waals surface area contributed by atoms with Crippen LogP contribution in [0.4, 0.5) is 0 Å². The molecule has 0 aliphatic heterocycles. The first kappa shape index (κ1) is 12.1. The van der Waals surface area contributed by atoms with Gasteiger partial charge in [0.05, 0.1) is 12.0 Å². The van der Waals surface area contributed by atoms with Crippen LogP contribution in [0, 0.1) is 5.92 Å². The quantitative estimate of drug-likeness (QED) is 0.874. The highest BCUT2D eigenvalue weighted by Gasteiger charge is 2.18. The molecule has 0 radical (unpaired) electrons. The summed E-state index contributed by atoms with van der Waals surface area (Å²) >= 11 is 0. The minimum Gasteiger partial charge on any atom is -0.477 e. The Kier molecular flexibility index (Phi) is 3.82. The van der Waals surface area contributed by atoms with Gasteiger partial charge in [0, 0.05) is 7.05 Å². The molecule has 17 heavy (non-hydrogen) atoms. The van der Waals surface area contributed by atoms with Crippen LogP contribution in [-0.4, -0.2) is 20.6 Å². The van der Waals surface area contributed by atoms with Crippen molar-refractivity contribution in [2.45, 2.75) is 44.9 Å². The predicted molar refractivity (Wildman–Crippen MR) is 65.1 cm³/mol. The van der Waals surface area contributed by atoms with E-state index in [1.807, 2.05) is 0 Å². The summed E-state index contributed by atoms with van der Waals surface area (Å²) in [7, 11) is 1.74. The van der Waals surface area contributed by atoms with Gasteiger partial charge in [-0.2, -0.15) is 0 Å². The molecule has 1 heterocycles. The number of aromatic nitrogens is 2. The minimum atomic E-state index is -0.872. The monoisotopic (exact) mass is 236 g/mol. The summed E-state index contributed by atoms with van der Waals surface area (Å²) in [6.07, 6.45) is 10.1. The highest BCUT2D eigenvalue weighted by atomic mass is 16.4. The summed E-state index contributed by atoms with van der Waals surface area (Å²) in [6.45, 7) is 0. The molecule has 1 aliphatic carbocycles. The van der Waals surface area contributed by atoms with Gasteiger partial charge in [0.15, 0.2) is 0 Å². The second-order valence-electron chi connectivity index (χ2n) is 5.00. The van der Waals surface area contributed by atoms with Crippen molar-refractivity contribution in [3.8, 4) is 0 Å². The second kappa shape index (κ2) is 5.34. The van der Waals surface area contributed by atoms with Crippen molar-refractivity contribution in [2.75, 3.05) is 0 Å². The third-order valence-electron chi connectivity index (χ3n) is 3.73. The number of carboxylic acid groups (broad SMARTS) is 1. The predicted octanol–water partition coefficient (Wildman–Crippen LogP) is 2.63. The van der Waals surface area contributed by atoms with E-state index in [9.17, 15) is 4.79 Å². The molecular weight excluding hydrogens is 216 g/mol. The number of imidazole rings is 1. The Hall–Kier alpha value is -1.32. The standard InChI is InChI=1S/C13H20N2O2/c1-15-9-14-11(12(15)13(16)17)8-7-10-5-3-2-4-6-10/h9-10H,2-8H2,1H3,(H,16,17). The summed E-state index contributed by atoms with van der Waals surface area (Å²) in [5, 5.41) is 9.11. The van der Waals surface area contributed by atoms with Crippen molar-refractivity contribution in [1.29, 1.82) is 0 Å². The Morgan fingerprint density at radius 3 is 2.82 bits per heavy atom. The molecule has 0 atom stereocenters. The van der Waals surface area contributed by atoms with Crippen LogP contribution in [0.3, 0.4) is 0 Å². The lowest BCUT2D eigenvalue weighted by Crippen LogP contribution is -2.11. The highest BCUT2D eigenvalue weighted by Crippen LogP contribution is 2.27. The number of aryl methyl sites for hydroxylation is 2. The van der Waals surface area contributed by atoms with E-state index >= 15 is 0 Å². The lowest BCUT2D eigenvalue weighted by molar-refractivity contribution is 0.0685. The van der Waals surface area contributed by atoms with Gasteiger partial charge < -0.3 is 9.67 Å². The lowest BCUT2D eigenvalue weighted by atomic mass is 9.85. The SMILES string of the molecule is Cn1cnc(CCC2CCCCC2)c1C(=O)O. The Labute approximate surface area is 102 Å². The first-order chi connectivity index (χ1) is 8.18. The van der Waals surface area contributed by atoms with Gasteiger partial charge in [0.25, 0.3) is 0 Å². The molecule has 4 nitrogen and oxygen atoms in total. The zero-order chi connectivity index (χ0) is 12.3. The normalized spacial score (nSPS) is 17.2. The largest absolute Gasteiger partial charge is 0.477 e. The molecule has 0 saturated heterocycles. The average Bonchev–Trinajstić information content (AvgIpc) is 2.69. The summed E-state index contributed by atoms with van der Waals surface area (Å²) < 4.78 is 1.60. The van der Waals surface area contributed by atoms with Gasteiger partial charge in [-0.05, 0) is 18.8 Å². The topological polar surface area (TPSA) is 55.1 Å². The van der Waals surface area contributed by atoms with Crippen LogP contribution in [0.1, 0.15) is 54.7 Å². The number of carboxylic acids is 1. The van der Waals surface area contributed by atoms with E-state index in [1.165, 1.54) is 32.1 Å². The fraction of sp³-hybridized carbons (Fsp3) is 0.692. The van der Waals surface area contributed by atoms with Gasteiger partial charge >= 0.3 is 5.97 Å². The second-order valence-corrected chi connectivity index (χ2v) is 5.00. The van der Waals surface area contributed by atoms with E-state index in [0.29, 0.717) is 5.69 Å². The zero-order valence-corrected chi connectivity index (χ0v) is 10.4. The third kappa shape index (κ3) is 2.87. The third-order valence-corrected chi connectivity index (χ3v) is 3.73. The van der Waals surface area contributed by atoms with Gasteiger partial charge in [-0.3, -0.25) is 0 Å². The first-order valence-electron chi connectivity index (χ1n) is 6.42. The van der Waals surface area contributed by atoms with Crippen molar-refractivity contribution < 1.29 is 9.90 Å². The number of nitrogens with zero attached hydrogens (tertiary/aromatic N) is 2. The average molecular weight is 236 g/mol. The van der Waals surface area contributed by atoms with Crippen LogP contribution in [0.25, 0.3) is 0 Å². The van der Waals surface area contributed by atoms with Gasteiger partial charge in [0.1, 0.15) is 5.69 Å². The molecule has 1 aliphatic rings. The zero-order valence-electron chi connectivity index (χ0n) is 10.4. The fourth-order valence-electron chi connectivity index (χ4n) is 2.75. The van der Waals surface area contributed by atoms with Crippen LogP contribution in [0.5, 0.6) is 0 Å². The summed E-state index contributed by atoms with van der Waals surface area (Å²) in [5.74, 6) is -0.101. The van der Waals surface area contributed by atoms with Crippen molar-refractivity contribution >= 4 is 5.97 Å². The Morgan fingerprint density at radius 1 is 1.47 bits per heavy atom. The van der Waals surface area contributed by atoms with E-state index in [-0.39, 0.29) is 0 Å². The molecule has 0 aromatic carbocycles. The number of rotatable bonds is 4. The van der Waals surface area contributed by atoms with Gasteiger partial charge in [-0.1, -0.05) is 32.1 Å². The highest BCUT2D eigenvalue weighted by molar-refractivity contribution is 5.87. The minimum absolute atomic E-state index is 0.348. The Bertz CT molecular complexity index is 392. The molecule has 2 rings (SSSR count). The van der Waals surface area contributed by atoms with Crippen LogP contribution >= 0.6 is 0 Å². The van der Waals surface area contributed by atoms with E-state index in [1.54, 1.807) is 17.9 Å². The first-order valence-corrected chi connectivity index (χ1v) is 6.42. The molecule has 1 fully saturated rings. The van der Waals surface area contributed by atoms with Crippen LogP contribution in [-0.2, 0) is 13.5 Å². The molecule has 1 saturated carbocycles. The fourth-order valence-corrected chi connectivity index (χ4v) is 2.75. The summed E-state index contributed by atoms with van der Waals surface area (Å²) in [4.78, 5) is 15.3. The molecule has 4 heteroatoms. The maximum Gasteiger partial charge on any atom is 0.354 e. The van der Waals surface area contributed by atoms with Crippen molar-refractivity contribution in [2.24, 2.45) is 13.0 Å².